The number of amides is 2. The number of aliphatic hydroxyl groups is 4. The third-order valence-corrected chi connectivity index (χ3v) is 9.79. The van der Waals surface area contributed by atoms with Gasteiger partial charge in [0.25, 0.3) is 0 Å². The molecule has 0 aromatic heterocycles. The van der Waals surface area contributed by atoms with Crippen LogP contribution in [0.2, 0.25) is 0 Å². The van der Waals surface area contributed by atoms with Gasteiger partial charge in [-0.3, -0.25) is 9.59 Å². The lowest BCUT2D eigenvalue weighted by molar-refractivity contribution is -0.319. The summed E-state index contributed by atoms with van der Waals surface area (Å²) in [5, 5.41) is 47.2. The first kappa shape index (κ1) is 32.5. The zero-order valence-electron chi connectivity index (χ0n) is 25.0. The van der Waals surface area contributed by atoms with E-state index in [1.54, 1.807) is 0 Å². The number of nitrogens with zero attached hydrogens (tertiary/aromatic N) is 2. The Morgan fingerprint density at radius 3 is 1.78 bits per heavy atom. The lowest BCUT2D eigenvalue weighted by Crippen LogP contribution is -2.61. The van der Waals surface area contributed by atoms with Gasteiger partial charge in [0, 0.05) is 18.0 Å². The summed E-state index contributed by atoms with van der Waals surface area (Å²) in [5.41, 5.74) is 0. The van der Waals surface area contributed by atoms with E-state index >= 15 is 0 Å². The summed E-state index contributed by atoms with van der Waals surface area (Å²) >= 11 is 0. The van der Waals surface area contributed by atoms with Crippen molar-refractivity contribution < 1.29 is 39.5 Å². The summed E-state index contributed by atoms with van der Waals surface area (Å²) in [6, 6.07) is 0.126. The van der Waals surface area contributed by atoms with E-state index in [-0.39, 0.29) is 42.2 Å². The number of aliphatic hydroxyl groups excluding tert-OH is 4. The molecule has 2 amide bonds. The predicted molar refractivity (Wildman–Crippen MR) is 151 cm³/mol. The molecule has 12 heteroatoms. The van der Waals surface area contributed by atoms with Gasteiger partial charge >= 0.3 is 0 Å². The van der Waals surface area contributed by atoms with Crippen LogP contribution in [0.4, 0.5) is 0 Å². The molecule has 0 aromatic rings. The van der Waals surface area contributed by atoms with Crippen LogP contribution in [0.15, 0.2) is 0 Å². The Labute approximate surface area is 243 Å². The lowest BCUT2D eigenvalue weighted by atomic mass is 9.68. The first-order valence-electron chi connectivity index (χ1n) is 15.4. The molecule has 9 atom stereocenters. The molecule has 236 valence electrons. The third-order valence-electron chi connectivity index (χ3n) is 9.79. The second-order valence-corrected chi connectivity index (χ2v) is 13.1. The molecule has 4 fully saturated rings. The van der Waals surface area contributed by atoms with Crippen LogP contribution in [-0.2, 0) is 19.1 Å². The molecule has 0 spiro atoms. The third kappa shape index (κ3) is 7.97. The molecule has 4 aliphatic rings. The molecule has 3 heterocycles. The molecule has 1 aliphatic carbocycles. The SMILES string of the molecule is CC(C)[C@H]1CC(C(=O)NC2CCN(C)CC2)[C@@H](C(=O)NC2CCN(C)CC2)CC1O[C@H]1OC(CO)[C@@H](O)[C@H](O)C1O. The fourth-order valence-corrected chi connectivity index (χ4v) is 6.91. The summed E-state index contributed by atoms with van der Waals surface area (Å²) in [6.07, 6.45) is -3.36. The van der Waals surface area contributed by atoms with E-state index in [4.69, 9.17) is 9.47 Å². The van der Waals surface area contributed by atoms with Crippen LogP contribution in [0.3, 0.4) is 0 Å². The highest BCUT2D eigenvalue weighted by Crippen LogP contribution is 2.41. The zero-order chi connectivity index (χ0) is 29.8. The smallest absolute Gasteiger partial charge is 0.224 e. The second-order valence-electron chi connectivity index (χ2n) is 13.1. The van der Waals surface area contributed by atoms with Crippen LogP contribution >= 0.6 is 0 Å². The zero-order valence-corrected chi connectivity index (χ0v) is 25.0. The molecule has 41 heavy (non-hydrogen) atoms. The van der Waals surface area contributed by atoms with Crippen molar-refractivity contribution in [1.82, 2.24) is 20.4 Å². The minimum absolute atomic E-state index is 0.0453. The van der Waals surface area contributed by atoms with Gasteiger partial charge in [-0.2, -0.15) is 0 Å². The topological polar surface area (TPSA) is 164 Å². The van der Waals surface area contributed by atoms with Crippen LogP contribution in [-0.4, -0.2) is 138 Å². The molecular weight excluding hydrogens is 532 g/mol. The van der Waals surface area contributed by atoms with E-state index in [9.17, 15) is 30.0 Å². The van der Waals surface area contributed by atoms with Crippen molar-refractivity contribution in [3.05, 3.63) is 0 Å². The van der Waals surface area contributed by atoms with Crippen molar-refractivity contribution in [1.29, 1.82) is 0 Å². The summed E-state index contributed by atoms with van der Waals surface area (Å²) in [7, 11) is 4.14. The number of nitrogens with one attached hydrogen (secondary N) is 2. The normalized spacial score (nSPS) is 38.6. The van der Waals surface area contributed by atoms with E-state index in [0.29, 0.717) is 6.42 Å². The van der Waals surface area contributed by atoms with Gasteiger partial charge in [-0.15, -0.1) is 0 Å². The number of carbonyl (C=O) groups is 2. The van der Waals surface area contributed by atoms with Gasteiger partial charge < -0.3 is 50.3 Å². The Balaban J connectivity index is 1.52. The Hall–Kier alpha value is -1.38. The van der Waals surface area contributed by atoms with Gasteiger partial charge in [-0.1, -0.05) is 13.8 Å². The van der Waals surface area contributed by atoms with Gasteiger partial charge in [0.15, 0.2) is 6.29 Å². The van der Waals surface area contributed by atoms with E-state index in [1.807, 2.05) is 13.8 Å². The molecule has 3 aliphatic heterocycles. The quantitative estimate of drug-likeness (QED) is 0.206. The van der Waals surface area contributed by atoms with Crippen LogP contribution < -0.4 is 10.6 Å². The van der Waals surface area contributed by atoms with E-state index < -0.39 is 55.3 Å². The van der Waals surface area contributed by atoms with Gasteiger partial charge in [0.1, 0.15) is 24.4 Å². The van der Waals surface area contributed by atoms with E-state index in [0.717, 1.165) is 51.9 Å². The molecule has 6 N–H and O–H groups in total. The van der Waals surface area contributed by atoms with Crippen molar-refractivity contribution in [2.24, 2.45) is 23.7 Å². The number of carbonyl (C=O) groups excluding carboxylic acids is 2. The fourth-order valence-electron chi connectivity index (χ4n) is 6.91. The van der Waals surface area contributed by atoms with Crippen molar-refractivity contribution in [2.75, 3.05) is 46.9 Å². The lowest BCUT2D eigenvalue weighted by Gasteiger charge is -2.46. The number of hydrogen-bond donors (Lipinski definition) is 6. The summed E-state index contributed by atoms with van der Waals surface area (Å²) < 4.78 is 11.9. The molecular formula is C29H52N4O8. The minimum Gasteiger partial charge on any atom is -0.394 e. The monoisotopic (exact) mass is 584 g/mol. The Morgan fingerprint density at radius 1 is 0.829 bits per heavy atom. The van der Waals surface area contributed by atoms with Gasteiger partial charge in [0.05, 0.1) is 18.6 Å². The van der Waals surface area contributed by atoms with Crippen molar-refractivity contribution >= 4 is 11.8 Å². The highest BCUT2D eigenvalue weighted by Gasteiger charge is 2.50. The molecule has 0 radical (unpaired) electrons. The second kappa shape index (κ2) is 14.4. The molecule has 4 rings (SSSR count). The Bertz CT molecular complexity index is 862. The number of hydrogen-bond acceptors (Lipinski definition) is 10. The molecule has 4 unspecified atom stereocenters. The first-order chi connectivity index (χ1) is 19.5. The molecule has 3 saturated heterocycles. The minimum atomic E-state index is -1.55. The van der Waals surface area contributed by atoms with Crippen molar-refractivity contribution in [3.8, 4) is 0 Å². The Kier molecular flexibility index (Phi) is 11.4. The summed E-state index contributed by atoms with van der Waals surface area (Å²) in [6.45, 7) is 7.16. The van der Waals surface area contributed by atoms with Gasteiger partial charge in [0.2, 0.25) is 11.8 Å². The van der Waals surface area contributed by atoms with Crippen LogP contribution in [0.25, 0.3) is 0 Å². The standard InChI is InChI=1S/C29H52N4O8/c1-16(2)19-13-20(27(38)30-17-5-9-32(3)10-6-17)21(28(39)31-18-7-11-33(4)12-8-18)14-22(19)40-29-26(37)25(36)24(35)23(15-34)41-29/h16-26,29,34-37H,5-15H2,1-4H3,(H,30,38)(H,31,39)/t19-,20?,21+,22?,23?,24-,25+,26?,29+/m1/s1. The number of likely N-dealkylation sites (tertiary alicyclic amines) is 2. The van der Waals surface area contributed by atoms with E-state index in [1.165, 1.54) is 0 Å². The number of rotatable bonds is 8. The van der Waals surface area contributed by atoms with Crippen LogP contribution in [0, 0.1) is 23.7 Å². The average molecular weight is 585 g/mol. The maximum Gasteiger partial charge on any atom is 0.224 e. The summed E-state index contributed by atoms with van der Waals surface area (Å²) in [5.74, 6) is -1.44. The van der Waals surface area contributed by atoms with Crippen LogP contribution in [0.1, 0.15) is 52.4 Å². The highest BCUT2D eigenvalue weighted by molar-refractivity contribution is 5.88. The fraction of sp³-hybridized carbons (Fsp3) is 0.931. The Morgan fingerprint density at radius 2 is 1.32 bits per heavy atom. The molecule has 1 saturated carbocycles. The highest BCUT2D eigenvalue weighted by atomic mass is 16.7. The first-order valence-corrected chi connectivity index (χ1v) is 15.4. The number of ether oxygens (including phenoxy) is 2. The van der Waals surface area contributed by atoms with E-state index in [2.05, 4.69) is 34.5 Å². The largest absolute Gasteiger partial charge is 0.394 e. The molecule has 0 bridgehead atoms. The predicted octanol–water partition coefficient (Wildman–Crippen LogP) is -1.11. The van der Waals surface area contributed by atoms with Crippen LogP contribution in [0.5, 0.6) is 0 Å². The summed E-state index contributed by atoms with van der Waals surface area (Å²) in [4.78, 5) is 32.1. The average Bonchev–Trinajstić information content (AvgIpc) is 2.95. The molecule has 12 nitrogen and oxygen atoms in total. The molecule has 0 aromatic carbocycles. The van der Waals surface area contributed by atoms with Gasteiger partial charge in [-0.25, -0.2) is 0 Å². The van der Waals surface area contributed by atoms with Crippen molar-refractivity contribution in [2.45, 2.75) is 101 Å². The maximum absolute atomic E-state index is 13.8. The van der Waals surface area contributed by atoms with Crippen molar-refractivity contribution in [3.63, 3.8) is 0 Å². The maximum atomic E-state index is 13.8. The van der Waals surface area contributed by atoms with Gasteiger partial charge in [-0.05, 0) is 90.6 Å². The number of piperidine rings is 2.